The molecule has 4 aromatic carbocycles. The molecule has 9 heteroatoms. The van der Waals surface area contributed by atoms with Gasteiger partial charge < -0.3 is 5.32 Å². The van der Waals surface area contributed by atoms with E-state index < -0.39 is 11.7 Å². The molecule has 38 heavy (non-hydrogen) atoms. The summed E-state index contributed by atoms with van der Waals surface area (Å²) in [5.41, 5.74) is 3.61. The number of halogens is 6. The van der Waals surface area contributed by atoms with Crippen LogP contribution in [0.1, 0.15) is 33.7 Å². The Hall–Kier alpha value is -3.32. The molecule has 1 N–H and O–H groups in total. The van der Waals surface area contributed by atoms with Crippen LogP contribution in [0.15, 0.2) is 97.3 Å². The zero-order valence-electron chi connectivity index (χ0n) is 19.7. The van der Waals surface area contributed by atoms with Crippen LogP contribution in [0.3, 0.4) is 0 Å². The number of rotatable bonds is 6. The molecule has 0 atom stereocenters. The summed E-state index contributed by atoms with van der Waals surface area (Å²) >= 11 is 12.3. The lowest BCUT2D eigenvalue weighted by Crippen LogP contribution is -2.08. The number of benzene rings is 4. The molecule has 0 aliphatic heterocycles. The van der Waals surface area contributed by atoms with E-state index in [4.69, 9.17) is 23.2 Å². The molecule has 0 aliphatic rings. The molecule has 0 spiro atoms. The van der Waals surface area contributed by atoms with Crippen LogP contribution >= 0.6 is 35.6 Å². The van der Waals surface area contributed by atoms with Gasteiger partial charge in [-0.25, -0.2) is 9.97 Å². The van der Waals surface area contributed by atoms with Gasteiger partial charge in [0.25, 0.3) is 0 Å². The minimum Gasteiger partial charge on any atom is -0.365 e. The summed E-state index contributed by atoms with van der Waals surface area (Å²) in [6.07, 6.45) is -2.96. The summed E-state index contributed by atoms with van der Waals surface area (Å²) in [6, 6.07) is 26.5. The van der Waals surface area contributed by atoms with Gasteiger partial charge in [0.15, 0.2) is 0 Å². The second-order valence-corrected chi connectivity index (χ2v) is 9.46. The van der Waals surface area contributed by atoms with Crippen molar-refractivity contribution in [3.8, 4) is 0 Å². The smallest absolute Gasteiger partial charge is 0.365 e. The average Bonchev–Trinajstić information content (AvgIpc) is 2.89. The Balaban J connectivity index is 0.00000336. The quantitative estimate of drug-likeness (QED) is 0.206. The molecular formula is C29H21Cl3F3N3. The third-order valence-electron chi connectivity index (χ3n) is 6.11. The number of anilines is 1. The molecule has 0 unspecified atom stereocenters. The van der Waals surface area contributed by atoms with Crippen molar-refractivity contribution in [1.82, 2.24) is 9.97 Å². The van der Waals surface area contributed by atoms with Crippen LogP contribution < -0.4 is 5.32 Å². The van der Waals surface area contributed by atoms with E-state index in [1.54, 1.807) is 6.07 Å². The van der Waals surface area contributed by atoms with Gasteiger partial charge in [-0.3, -0.25) is 0 Å². The monoisotopic (exact) mass is 573 g/mol. The molecule has 1 aromatic heterocycles. The summed E-state index contributed by atoms with van der Waals surface area (Å²) in [5, 5.41) is 5.24. The van der Waals surface area contributed by atoms with E-state index in [0.717, 1.165) is 39.7 Å². The van der Waals surface area contributed by atoms with Crippen molar-refractivity contribution in [2.75, 3.05) is 5.32 Å². The SMILES string of the molecule is Cl.FC(F)(F)c1cccc(CNc2ncnc3ccc(C(c4ccc(Cl)cc4)c4ccc(Cl)cc4)cc23)c1. The van der Waals surface area contributed by atoms with Gasteiger partial charge in [-0.1, -0.05) is 65.7 Å². The first-order valence-corrected chi connectivity index (χ1v) is 12.2. The number of alkyl halides is 3. The maximum atomic E-state index is 13.1. The Kier molecular flexibility index (Phi) is 8.46. The molecule has 0 saturated heterocycles. The van der Waals surface area contributed by atoms with Crippen molar-refractivity contribution in [1.29, 1.82) is 0 Å². The van der Waals surface area contributed by atoms with Gasteiger partial charge >= 0.3 is 6.18 Å². The van der Waals surface area contributed by atoms with Gasteiger partial charge in [0.1, 0.15) is 12.1 Å². The molecule has 1 heterocycles. The highest BCUT2D eigenvalue weighted by Gasteiger charge is 2.30. The molecule has 0 fully saturated rings. The maximum absolute atomic E-state index is 13.1. The lowest BCUT2D eigenvalue weighted by atomic mass is 9.85. The number of nitrogens with one attached hydrogen (secondary N) is 1. The van der Waals surface area contributed by atoms with Crippen LogP contribution in [0.5, 0.6) is 0 Å². The van der Waals surface area contributed by atoms with Gasteiger partial charge in [-0.15, -0.1) is 12.4 Å². The number of hydrogen-bond acceptors (Lipinski definition) is 3. The number of aromatic nitrogens is 2. The van der Waals surface area contributed by atoms with Crippen molar-refractivity contribution >= 4 is 52.3 Å². The zero-order valence-corrected chi connectivity index (χ0v) is 22.0. The van der Waals surface area contributed by atoms with Crippen LogP contribution in [-0.4, -0.2) is 9.97 Å². The number of nitrogens with zero attached hydrogens (tertiary/aromatic N) is 2. The Morgan fingerprint density at radius 1 is 0.737 bits per heavy atom. The largest absolute Gasteiger partial charge is 0.416 e. The Morgan fingerprint density at radius 2 is 1.34 bits per heavy atom. The summed E-state index contributed by atoms with van der Waals surface area (Å²) in [4.78, 5) is 8.76. The number of fused-ring (bicyclic) bond motifs is 1. The molecule has 0 saturated carbocycles. The van der Waals surface area contributed by atoms with Crippen molar-refractivity contribution in [2.24, 2.45) is 0 Å². The van der Waals surface area contributed by atoms with E-state index in [-0.39, 0.29) is 24.9 Å². The maximum Gasteiger partial charge on any atom is 0.416 e. The Labute approximate surface area is 234 Å². The molecule has 5 aromatic rings. The first kappa shape index (κ1) is 27.7. The van der Waals surface area contributed by atoms with E-state index in [1.807, 2.05) is 66.7 Å². The summed E-state index contributed by atoms with van der Waals surface area (Å²) in [6.45, 7) is 0.179. The lowest BCUT2D eigenvalue weighted by Gasteiger charge is -2.20. The summed E-state index contributed by atoms with van der Waals surface area (Å²) < 4.78 is 39.4. The van der Waals surface area contributed by atoms with E-state index in [9.17, 15) is 13.2 Å². The van der Waals surface area contributed by atoms with Gasteiger partial charge in [-0.05, 0) is 70.8 Å². The normalized spacial score (nSPS) is 11.4. The average molecular weight is 575 g/mol. The predicted molar refractivity (Wildman–Crippen MR) is 149 cm³/mol. The topological polar surface area (TPSA) is 37.8 Å². The van der Waals surface area contributed by atoms with Crippen molar-refractivity contribution in [3.05, 3.63) is 135 Å². The van der Waals surface area contributed by atoms with Crippen LogP contribution in [0.2, 0.25) is 10.0 Å². The highest BCUT2D eigenvalue weighted by molar-refractivity contribution is 6.30. The molecule has 194 valence electrons. The van der Waals surface area contributed by atoms with Gasteiger partial charge in [0, 0.05) is 27.9 Å². The third-order valence-corrected chi connectivity index (χ3v) is 6.62. The Morgan fingerprint density at radius 3 is 1.95 bits per heavy atom. The highest BCUT2D eigenvalue weighted by Crippen LogP contribution is 2.36. The first-order chi connectivity index (χ1) is 17.8. The minimum absolute atomic E-state index is 0. The first-order valence-electron chi connectivity index (χ1n) is 11.4. The van der Waals surface area contributed by atoms with Crippen LogP contribution in [-0.2, 0) is 12.7 Å². The van der Waals surface area contributed by atoms with Gasteiger partial charge in [-0.2, -0.15) is 13.2 Å². The fourth-order valence-electron chi connectivity index (χ4n) is 4.33. The van der Waals surface area contributed by atoms with E-state index in [0.29, 0.717) is 21.4 Å². The molecule has 0 radical (unpaired) electrons. The lowest BCUT2D eigenvalue weighted by molar-refractivity contribution is -0.137. The predicted octanol–water partition coefficient (Wildman–Crippen LogP) is 9.17. The molecule has 0 aliphatic carbocycles. The van der Waals surface area contributed by atoms with Crippen LogP contribution in [0.4, 0.5) is 19.0 Å². The minimum atomic E-state index is -4.40. The second kappa shape index (κ2) is 11.6. The standard InChI is InChI=1S/C29H20Cl2F3N3.ClH/c30-23-9-4-19(5-10-23)27(20-6-11-24(31)12-7-20)21-8-13-26-25(15-21)28(37-17-36-26)35-16-18-2-1-3-22(14-18)29(32,33)34;/h1-15,17,27H,16H2,(H,35,36,37);1H. The molecule has 5 rings (SSSR count). The summed E-state index contributed by atoms with van der Waals surface area (Å²) in [5.74, 6) is 0.422. The van der Waals surface area contributed by atoms with Crippen molar-refractivity contribution in [3.63, 3.8) is 0 Å². The van der Waals surface area contributed by atoms with Crippen LogP contribution in [0, 0.1) is 0 Å². The number of hydrogen-bond donors (Lipinski definition) is 1. The molecule has 0 bridgehead atoms. The van der Waals surface area contributed by atoms with E-state index in [2.05, 4.69) is 15.3 Å². The fourth-order valence-corrected chi connectivity index (χ4v) is 4.58. The molecular weight excluding hydrogens is 554 g/mol. The highest BCUT2D eigenvalue weighted by atomic mass is 35.5. The Bertz CT molecular complexity index is 1490. The molecule has 3 nitrogen and oxygen atoms in total. The van der Waals surface area contributed by atoms with E-state index in [1.165, 1.54) is 12.4 Å². The van der Waals surface area contributed by atoms with Crippen molar-refractivity contribution < 1.29 is 13.2 Å². The summed E-state index contributed by atoms with van der Waals surface area (Å²) in [7, 11) is 0. The second-order valence-electron chi connectivity index (χ2n) is 8.59. The fraction of sp³-hybridized carbons (Fsp3) is 0.103. The zero-order chi connectivity index (χ0) is 26.0. The van der Waals surface area contributed by atoms with E-state index >= 15 is 0 Å². The van der Waals surface area contributed by atoms with Crippen LogP contribution in [0.25, 0.3) is 10.9 Å². The van der Waals surface area contributed by atoms with Crippen molar-refractivity contribution in [2.45, 2.75) is 18.6 Å². The van der Waals surface area contributed by atoms with Gasteiger partial charge in [0.2, 0.25) is 0 Å². The third kappa shape index (κ3) is 6.21. The molecule has 0 amide bonds. The van der Waals surface area contributed by atoms with Gasteiger partial charge in [0.05, 0.1) is 11.1 Å².